The van der Waals surface area contributed by atoms with Crippen LogP contribution >= 0.6 is 11.3 Å². The monoisotopic (exact) mass is 291 g/mol. The number of thiophene rings is 1. The van der Waals surface area contributed by atoms with E-state index in [0.717, 1.165) is 10.1 Å². The summed E-state index contributed by atoms with van der Waals surface area (Å²) < 4.78 is 1.10. The molecule has 0 saturated carbocycles. The smallest absolute Gasteiger partial charge is 0.264 e. The lowest BCUT2D eigenvalue weighted by Crippen LogP contribution is -2.47. The minimum atomic E-state index is -0.632. The Morgan fingerprint density at radius 1 is 1.40 bits per heavy atom. The molecule has 2 N–H and O–H groups in total. The number of β-amino-alcohol motifs (C(OH)–C–C–N with tert-alkyl or cyclic N) is 1. The van der Waals surface area contributed by atoms with E-state index >= 15 is 0 Å². The summed E-state index contributed by atoms with van der Waals surface area (Å²) in [5.74, 6) is -0.136. The average molecular weight is 291 g/mol. The molecule has 2 atom stereocenters. The van der Waals surface area contributed by atoms with Crippen molar-refractivity contribution in [3.05, 3.63) is 35.2 Å². The minimum absolute atomic E-state index is 0.0217. The molecule has 2 aromatic rings. The van der Waals surface area contributed by atoms with Gasteiger partial charge in [0.2, 0.25) is 0 Å². The van der Waals surface area contributed by atoms with E-state index in [-0.39, 0.29) is 18.4 Å². The van der Waals surface area contributed by atoms with Crippen molar-refractivity contribution >= 4 is 27.3 Å². The zero-order chi connectivity index (χ0) is 14.1. The molecule has 0 bridgehead atoms. The molecule has 0 aliphatic carbocycles. The highest BCUT2D eigenvalue weighted by Gasteiger charge is 2.30. The molecule has 20 heavy (non-hydrogen) atoms. The highest BCUT2D eigenvalue weighted by atomic mass is 32.1. The third kappa shape index (κ3) is 2.44. The molecule has 1 amide bonds. The van der Waals surface area contributed by atoms with Gasteiger partial charge in [0.25, 0.3) is 5.91 Å². The summed E-state index contributed by atoms with van der Waals surface area (Å²) in [6.07, 6.45) is 0.0148. The number of rotatable bonds is 2. The van der Waals surface area contributed by atoms with Gasteiger partial charge in [-0.1, -0.05) is 18.2 Å². The molecule has 1 aromatic heterocycles. The second-order valence-electron chi connectivity index (χ2n) is 5.20. The SMILES string of the molecule is O=C(c1cc2ccccc2s1)N1CC[C@H](CO)[C@H](O)C1. The molecular weight excluding hydrogens is 274 g/mol. The van der Waals surface area contributed by atoms with Gasteiger partial charge in [0.15, 0.2) is 0 Å². The first kappa shape index (κ1) is 13.5. The topological polar surface area (TPSA) is 60.8 Å². The third-order valence-corrected chi connectivity index (χ3v) is 4.98. The molecule has 0 spiro atoms. The summed E-state index contributed by atoms with van der Waals surface area (Å²) in [6, 6.07) is 9.83. The number of likely N-dealkylation sites (tertiary alicyclic amines) is 1. The van der Waals surface area contributed by atoms with Crippen LogP contribution in [-0.2, 0) is 0 Å². The Morgan fingerprint density at radius 2 is 2.20 bits per heavy atom. The molecule has 2 heterocycles. The predicted octanol–water partition coefficient (Wildman–Crippen LogP) is 1.72. The minimum Gasteiger partial charge on any atom is -0.396 e. The van der Waals surface area contributed by atoms with E-state index in [9.17, 15) is 9.90 Å². The zero-order valence-electron chi connectivity index (χ0n) is 11.0. The summed E-state index contributed by atoms with van der Waals surface area (Å²) in [5.41, 5.74) is 0. The van der Waals surface area contributed by atoms with Crippen molar-refractivity contribution in [1.82, 2.24) is 4.90 Å². The van der Waals surface area contributed by atoms with E-state index in [0.29, 0.717) is 24.4 Å². The number of hydrogen-bond donors (Lipinski definition) is 2. The number of piperidine rings is 1. The van der Waals surface area contributed by atoms with Crippen LogP contribution in [0.25, 0.3) is 10.1 Å². The molecule has 0 radical (unpaired) electrons. The van der Waals surface area contributed by atoms with Crippen LogP contribution in [0.3, 0.4) is 0 Å². The van der Waals surface area contributed by atoms with E-state index in [1.165, 1.54) is 11.3 Å². The molecule has 1 fully saturated rings. The van der Waals surface area contributed by atoms with Crippen molar-refractivity contribution in [3.63, 3.8) is 0 Å². The van der Waals surface area contributed by atoms with Crippen molar-refractivity contribution < 1.29 is 15.0 Å². The quantitative estimate of drug-likeness (QED) is 0.885. The molecule has 1 aliphatic heterocycles. The van der Waals surface area contributed by atoms with Gasteiger partial charge in [-0.2, -0.15) is 0 Å². The average Bonchev–Trinajstić information content (AvgIpc) is 2.90. The van der Waals surface area contributed by atoms with Crippen LogP contribution in [0.4, 0.5) is 0 Å². The van der Waals surface area contributed by atoms with Gasteiger partial charge in [0.1, 0.15) is 0 Å². The molecule has 3 rings (SSSR count). The molecular formula is C15H17NO3S. The third-order valence-electron chi connectivity index (χ3n) is 3.88. The summed E-state index contributed by atoms with van der Waals surface area (Å²) in [6.45, 7) is 0.875. The van der Waals surface area contributed by atoms with Crippen LogP contribution in [-0.4, -0.2) is 46.8 Å². The number of carbonyl (C=O) groups is 1. The number of aliphatic hydroxyl groups is 2. The van der Waals surface area contributed by atoms with E-state index in [2.05, 4.69) is 0 Å². The maximum atomic E-state index is 12.5. The van der Waals surface area contributed by atoms with Crippen LogP contribution in [0, 0.1) is 5.92 Å². The molecule has 4 nitrogen and oxygen atoms in total. The maximum Gasteiger partial charge on any atom is 0.264 e. The standard InChI is InChI=1S/C15H17NO3S/c17-9-11-5-6-16(8-12(11)18)15(19)14-7-10-3-1-2-4-13(10)20-14/h1-4,7,11-12,17-18H,5-6,8-9H2/t11-,12-/m1/s1. The Balaban J connectivity index is 1.79. The van der Waals surface area contributed by atoms with Crippen LogP contribution < -0.4 is 0 Å². The van der Waals surface area contributed by atoms with Crippen LogP contribution in [0.5, 0.6) is 0 Å². The Bertz CT molecular complexity index is 591. The number of aliphatic hydroxyl groups excluding tert-OH is 2. The van der Waals surface area contributed by atoms with E-state index in [1.54, 1.807) is 4.90 Å². The van der Waals surface area contributed by atoms with Crippen molar-refractivity contribution in [1.29, 1.82) is 0 Å². The lowest BCUT2D eigenvalue weighted by Gasteiger charge is -2.34. The Morgan fingerprint density at radius 3 is 2.90 bits per heavy atom. The molecule has 5 heteroatoms. The van der Waals surface area contributed by atoms with Crippen LogP contribution in [0.2, 0.25) is 0 Å². The van der Waals surface area contributed by atoms with Crippen molar-refractivity contribution in [2.75, 3.05) is 19.7 Å². The maximum absolute atomic E-state index is 12.5. The normalized spacial score (nSPS) is 23.2. The number of hydrogen-bond acceptors (Lipinski definition) is 4. The zero-order valence-corrected chi connectivity index (χ0v) is 11.8. The van der Waals surface area contributed by atoms with Crippen LogP contribution in [0.15, 0.2) is 30.3 Å². The van der Waals surface area contributed by atoms with E-state index < -0.39 is 6.10 Å². The Kier molecular flexibility index (Phi) is 3.74. The van der Waals surface area contributed by atoms with Gasteiger partial charge in [-0.15, -0.1) is 11.3 Å². The number of nitrogens with zero attached hydrogens (tertiary/aromatic N) is 1. The second-order valence-corrected chi connectivity index (χ2v) is 6.28. The first-order valence-electron chi connectivity index (χ1n) is 6.76. The van der Waals surface area contributed by atoms with Gasteiger partial charge in [-0.05, 0) is 23.9 Å². The van der Waals surface area contributed by atoms with Crippen molar-refractivity contribution in [2.24, 2.45) is 5.92 Å². The molecule has 1 saturated heterocycles. The second kappa shape index (κ2) is 5.52. The highest BCUT2D eigenvalue weighted by Crippen LogP contribution is 2.27. The summed E-state index contributed by atoms with van der Waals surface area (Å²) in [7, 11) is 0. The van der Waals surface area contributed by atoms with Gasteiger partial charge < -0.3 is 15.1 Å². The van der Waals surface area contributed by atoms with Gasteiger partial charge in [-0.3, -0.25) is 4.79 Å². The fourth-order valence-corrected chi connectivity index (χ4v) is 3.65. The van der Waals surface area contributed by atoms with Gasteiger partial charge in [0, 0.05) is 30.3 Å². The number of benzene rings is 1. The lowest BCUT2D eigenvalue weighted by molar-refractivity contribution is 0.00107. The Labute approximate surface area is 121 Å². The summed E-state index contributed by atoms with van der Waals surface area (Å²) in [4.78, 5) is 14.9. The number of carbonyl (C=O) groups excluding carboxylic acids is 1. The number of fused-ring (bicyclic) bond motifs is 1. The lowest BCUT2D eigenvalue weighted by atomic mass is 9.95. The first-order valence-corrected chi connectivity index (χ1v) is 7.57. The summed E-state index contributed by atoms with van der Waals surface area (Å²) in [5, 5.41) is 20.1. The number of amides is 1. The van der Waals surface area contributed by atoms with Crippen molar-refractivity contribution in [2.45, 2.75) is 12.5 Å². The first-order chi connectivity index (χ1) is 9.69. The fraction of sp³-hybridized carbons (Fsp3) is 0.400. The van der Waals surface area contributed by atoms with E-state index in [4.69, 9.17) is 5.11 Å². The Hall–Kier alpha value is -1.43. The predicted molar refractivity (Wildman–Crippen MR) is 78.9 cm³/mol. The van der Waals surface area contributed by atoms with Gasteiger partial charge >= 0.3 is 0 Å². The van der Waals surface area contributed by atoms with E-state index in [1.807, 2.05) is 30.3 Å². The summed E-state index contributed by atoms with van der Waals surface area (Å²) >= 11 is 1.48. The van der Waals surface area contributed by atoms with Gasteiger partial charge in [0.05, 0.1) is 11.0 Å². The van der Waals surface area contributed by atoms with Gasteiger partial charge in [-0.25, -0.2) is 0 Å². The molecule has 0 unspecified atom stereocenters. The molecule has 1 aliphatic rings. The van der Waals surface area contributed by atoms with Crippen molar-refractivity contribution in [3.8, 4) is 0 Å². The molecule has 1 aromatic carbocycles. The largest absolute Gasteiger partial charge is 0.396 e. The highest BCUT2D eigenvalue weighted by molar-refractivity contribution is 7.20. The molecule has 106 valence electrons. The fourth-order valence-electron chi connectivity index (χ4n) is 2.62. The van der Waals surface area contributed by atoms with Crippen LogP contribution in [0.1, 0.15) is 16.1 Å².